The lowest BCUT2D eigenvalue weighted by molar-refractivity contribution is -0.0797. The Labute approximate surface area is 230 Å². The molecule has 2 aromatic rings. The van der Waals surface area contributed by atoms with Crippen molar-refractivity contribution in [3.05, 3.63) is 59.2 Å². The van der Waals surface area contributed by atoms with Gasteiger partial charge in [0.2, 0.25) is 0 Å². The summed E-state index contributed by atoms with van der Waals surface area (Å²) in [6.07, 6.45) is 9.13. The zero-order valence-corrected chi connectivity index (χ0v) is 24.7. The number of rotatable bonds is 5. The van der Waals surface area contributed by atoms with Gasteiger partial charge in [0, 0.05) is 24.3 Å². The molecule has 5 nitrogen and oxygen atoms in total. The first-order valence-corrected chi connectivity index (χ1v) is 16.1. The first kappa shape index (κ1) is 27.7. The normalized spacial score (nSPS) is 28.7. The minimum Gasteiger partial charge on any atom is -0.357 e. The third-order valence-electron chi connectivity index (χ3n) is 9.64. The lowest BCUT2D eigenvalue weighted by Crippen LogP contribution is -2.59. The molecule has 4 aliphatic carbocycles. The fraction of sp³-hybridized carbons (Fsp3) is 0.625. The predicted molar refractivity (Wildman–Crippen MR) is 155 cm³/mol. The molecule has 6 heteroatoms. The first-order chi connectivity index (χ1) is 17.9. The van der Waals surface area contributed by atoms with Gasteiger partial charge in [-0.15, -0.1) is 0 Å². The minimum absolute atomic E-state index is 0.0666. The van der Waals surface area contributed by atoms with E-state index in [0.29, 0.717) is 17.4 Å². The number of benzene rings is 2. The van der Waals surface area contributed by atoms with Crippen molar-refractivity contribution >= 4 is 15.8 Å². The highest BCUT2D eigenvalue weighted by Gasteiger charge is 2.54. The van der Waals surface area contributed by atoms with Crippen LogP contribution >= 0.6 is 0 Å². The molecule has 0 atom stereocenters. The molecule has 0 radical (unpaired) electrons. The van der Waals surface area contributed by atoms with Crippen molar-refractivity contribution in [1.82, 2.24) is 4.90 Å². The highest BCUT2D eigenvalue weighted by atomic mass is 32.2. The Morgan fingerprint density at radius 2 is 1.32 bits per heavy atom. The van der Waals surface area contributed by atoms with Gasteiger partial charge in [-0.1, -0.05) is 63.6 Å². The molecule has 5 fully saturated rings. The van der Waals surface area contributed by atoms with E-state index in [0.717, 1.165) is 30.0 Å². The van der Waals surface area contributed by atoms with Gasteiger partial charge in [0.15, 0.2) is 0 Å². The standard InChI is InChI=1S/C25H38N2.C7H8O3S/c1-17(2)22-6-5-7-23(18(3)4)24(22)26-8-9-27(16-26)25-13-19-10-20(14-25)12-21(11-19)15-25;1-6-2-4-7(5-3-6)11(8,9)10/h5-7,17-21H,8-16H2,1-4H3;2-5H,1H3,(H,8,9,10). The summed E-state index contributed by atoms with van der Waals surface area (Å²) in [7, 11) is -4.02. The van der Waals surface area contributed by atoms with E-state index < -0.39 is 10.1 Å². The van der Waals surface area contributed by atoms with Gasteiger partial charge in [-0.05, 0) is 98.3 Å². The fourth-order valence-electron chi connectivity index (χ4n) is 8.20. The highest BCUT2D eigenvalue weighted by Crippen LogP contribution is 2.58. The lowest BCUT2D eigenvalue weighted by Gasteiger charge is -2.60. The molecule has 7 rings (SSSR count). The van der Waals surface area contributed by atoms with Crippen LogP contribution in [0.25, 0.3) is 0 Å². The van der Waals surface area contributed by atoms with Crippen LogP contribution in [-0.4, -0.2) is 43.2 Å². The largest absolute Gasteiger partial charge is 0.357 e. The van der Waals surface area contributed by atoms with E-state index in [1.54, 1.807) is 48.2 Å². The van der Waals surface area contributed by atoms with Crippen molar-refractivity contribution in [3.8, 4) is 0 Å². The summed E-state index contributed by atoms with van der Waals surface area (Å²) in [5.41, 5.74) is 6.17. The molecule has 0 amide bonds. The third-order valence-corrected chi connectivity index (χ3v) is 10.5. The molecule has 0 unspecified atom stereocenters. The van der Waals surface area contributed by atoms with Gasteiger partial charge < -0.3 is 4.90 Å². The number of hydrogen-bond donors (Lipinski definition) is 1. The molecule has 208 valence electrons. The molecule has 0 spiro atoms. The molecule has 1 heterocycles. The maximum Gasteiger partial charge on any atom is 0.294 e. The SMILES string of the molecule is CC(C)c1cccc(C(C)C)c1N1CCN(C23CC4CC(CC(C4)C2)C3)C1.Cc1ccc(S(=O)(=O)O)cc1. The smallest absolute Gasteiger partial charge is 0.294 e. The van der Waals surface area contributed by atoms with E-state index >= 15 is 0 Å². The van der Waals surface area contributed by atoms with Crippen LogP contribution in [0.15, 0.2) is 47.4 Å². The van der Waals surface area contributed by atoms with Crippen molar-refractivity contribution in [3.63, 3.8) is 0 Å². The van der Waals surface area contributed by atoms with Crippen molar-refractivity contribution < 1.29 is 13.0 Å². The maximum absolute atomic E-state index is 10.5. The molecule has 4 bridgehead atoms. The lowest BCUT2D eigenvalue weighted by atomic mass is 9.52. The molecule has 0 aromatic heterocycles. The summed E-state index contributed by atoms with van der Waals surface area (Å²) in [6, 6.07) is 13.0. The Balaban J connectivity index is 0.000000226. The number of anilines is 1. The maximum atomic E-state index is 10.5. The second-order valence-corrected chi connectivity index (χ2v) is 14.6. The molecule has 1 saturated heterocycles. The highest BCUT2D eigenvalue weighted by molar-refractivity contribution is 7.85. The Kier molecular flexibility index (Phi) is 7.71. The van der Waals surface area contributed by atoms with Gasteiger partial charge in [0.05, 0.1) is 11.6 Å². The molecular formula is C32H46N2O3S. The third kappa shape index (κ3) is 5.55. The molecule has 1 N–H and O–H groups in total. The summed E-state index contributed by atoms with van der Waals surface area (Å²) < 4.78 is 29.6. The number of para-hydroxylation sites is 1. The van der Waals surface area contributed by atoms with Gasteiger partial charge in [0.1, 0.15) is 0 Å². The van der Waals surface area contributed by atoms with Crippen molar-refractivity contribution in [2.75, 3.05) is 24.7 Å². The zero-order valence-electron chi connectivity index (χ0n) is 23.9. The second-order valence-electron chi connectivity index (χ2n) is 13.2. The quantitative estimate of drug-likeness (QED) is 0.407. The zero-order chi connectivity index (χ0) is 27.2. The van der Waals surface area contributed by atoms with Crippen LogP contribution in [0.2, 0.25) is 0 Å². The fourth-order valence-corrected chi connectivity index (χ4v) is 8.68. The van der Waals surface area contributed by atoms with Crippen molar-refractivity contribution in [2.24, 2.45) is 17.8 Å². The summed E-state index contributed by atoms with van der Waals surface area (Å²) in [6.45, 7) is 14.9. The first-order valence-electron chi connectivity index (χ1n) is 14.6. The number of nitrogens with zero attached hydrogens (tertiary/aromatic N) is 2. The Morgan fingerprint density at radius 3 is 1.76 bits per heavy atom. The summed E-state index contributed by atoms with van der Waals surface area (Å²) >= 11 is 0. The van der Waals surface area contributed by atoms with E-state index in [4.69, 9.17) is 4.55 Å². The van der Waals surface area contributed by atoms with Crippen molar-refractivity contribution in [2.45, 2.75) is 95.4 Å². The molecule has 5 aliphatic rings. The Bertz CT molecular complexity index is 1170. The van der Waals surface area contributed by atoms with Crippen LogP contribution in [0.4, 0.5) is 5.69 Å². The Morgan fingerprint density at radius 1 is 0.816 bits per heavy atom. The van der Waals surface area contributed by atoms with Crippen LogP contribution in [0.1, 0.15) is 94.7 Å². The van der Waals surface area contributed by atoms with E-state index in [9.17, 15) is 8.42 Å². The van der Waals surface area contributed by atoms with Gasteiger partial charge in [-0.3, -0.25) is 9.45 Å². The molecular weight excluding hydrogens is 492 g/mol. The molecule has 38 heavy (non-hydrogen) atoms. The average Bonchev–Trinajstić information content (AvgIpc) is 3.34. The van der Waals surface area contributed by atoms with Gasteiger partial charge in [-0.2, -0.15) is 8.42 Å². The van der Waals surface area contributed by atoms with E-state index in [2.05, 4.69) is 55.7 Å². The monoisotopic (exact) mass is 538 g/mol. The molecule has 2 aromatic carbocycles. The Hall–Kier alpha value is -1.89. The van der Waals surface area contributed by atoms with Gasteiger partial charge in [-0.25, -0.2) is 0 Å². The van der Waals surface area contributed by atoms with E-state index in [-0.39, 0.29) is 4.90 Å². The van der Waals surface area contributed by atoms with Crippen LogP contribution in [0.5, 0.6) is 0 Å². The number of aryl methyl sites for hydroxylation is 1. The molecule has 4 saturated carbocycles. The van der Waals surface area contributed by atoms with Gasteiger partial charge >= 0.3 is 0 Å². The predicted octanol–water partition coefficient (Wildman–Crippen LogP) is 7.22. The van der Waals surface area contributed by atoms with Crippen LogP contribution in [0, 0.1) is 24.7 Å². The number of hydrogen-bond acceptors (Lipinski definition) is 4. The minimum atomic E-state index is -4.02. The van der Waals surface area contributed by atoms with Crippen LogP contribution in [0.3, 0.4) is 0 Å². The second kappa shape index (κ2) is 10.6. The summed E-state index contributed by atoms with van der Waals surface area (Å²) in [4.78, 5) is 5.60. The van der Waals surface area contributed by atoms with Crippen LogP contribution < -0.4 is 4.90 Å². The van der Waals surface area contributed by atoms with E-state index in [1.165, 1.54) is 44.5 Å². The summed E-state index contributed by atoms with van der Waals surface area (Å²) in [5, 5.41) is 0. The summed E-state index contributed by atoms with van der Waals surface area (Å²) in [5.74, 6) is 4.30. The topological polar surface area (TPSA) is 60.9 Å². The van der Waals surface area contributed by atoms with Crippen molar-refractivity contribution in [1.29, 1.82) is 0 Å². The van der Waals surface area contributed by atoms with E-state index in [1.807, 2.05) is 6.92 Å². The molecule has 1 aliphatic heterocycles. The average molecular weight is 539 g/mol. The van der Waals surface area contributed by atoms with Gasteiger partial charge in [0.25, 0.3) is 10.1 Å². The van der Waals surface area contributed by atoms with Crippen LogP contribution in [-0.2, 0) is 10.1 Å².